The number of fused-ring (bicyclic) bond motifs is 1. The van der Waals surface area contributed by atoms with Crippen LogP contribution in [0.5, 0.6) is 0 Å². The Balaban J connectivity index is 1.19. The number of nitrogens with one attached hydrogen (secondary N) is 1. The molecule has 1 unspecified atom stereocenters. The molecule has 0 radical (unpaired) electrons. The van der Waals surface area contributed by atoms with Gasteiger partial charge >= 0.3 is 0 Å². The fraction of sp³-hybridized carbons (Fsp3) is 0.296. The van der Waals surface area contributed by atoms with Crippen molar-refractivity contribution in [1.82, 2.24) is 5.32 Å². The Bertz CT molecular complexity index is 1250. The van der Waals surface area contributed by atoms with Crippen molar-refractivity contribution in [3.05, 3.63) is 66.2 Å². The number of amides is 3. The lowest BCUT2D eigenvalue weighted by molar-refractivity contribution is -0.119. The molecule has 2 saturated heterocycles. The van der Waals surface area contributed by atoms with Crippen molar-refractivity contribution in [2.45, 2.75) is 25.7 Å². The molecule has 0 aliphatic carbocycles. The van der Waals surface area contributed by atoms with Gasteiger partial charge in [0.2, 0.25) is 11.8 Å². The second-order valence-corrected chi connectivity index (χ2v) is 9.12. The van der Waals surface area contributed by atoms with E-state index in [9.17, 15) is 14.4 Å². The zero-order valence-corrected chi connectivity index (χ0v) is 19.0. The average molecular weight is 457 g/mol. The Morgan fingerprint density at radius 3 is 2.35 bits per heavy atom. The van der Waals surface area contributed by atoms with E-state index in [4.69, 9.17) is 5.73 Å². The first-order valence-electron chi connectivity index (χ1n) is 11.8. The molecular weight excluding hydrogens is 428 g/mol. The number of anilines is 3. The third-order valence-corrected chi connectivity index (χ3v) is 6.68. The van der Waals surface area contributed by atoms with Gasteiger partial charge in [-0.3, -0.25) is 14.4 Å². The first-order chi connectivity index (χ1) is 16.5. The molecule has 3 amide bonds. The van der Waals surface area contributed by atoms with E-state index >= 15 is 0 Å². The molecule has 5 rings (SSSR count). The maximum atomic E-state index is 12.7. The van der Waals surface area contributed by atoms with Gasteiger partial charge in [0.25, 0.3) is 5.91 Å². The Labute approximate surface area is 198 Å². The number of carbonyl (C=O) groups excluding carboxylic acids is 3. The number of nitrogen functional groups attached to an aromatic ring is 1. The van der Waals surface area contributed by atoms with Crippen molar-refractivity contribution in [2.75, 3.05) is 35.2 Å². The number of nitrogens with two attached hydrogens (primary N) is 1. The van der Waals surface area contributed by atoms with E-state index in [1.54, 1.807) is 11.0 Å². The number of rotatable bonds is 5. The van der Waals surface area contributed by atoms with E-state index < -0.39 is 0 Å². The molecule has 174 valence electrons. The maximum absolute atomic E-state index is 12.7. The van der Waals surface area contributed by atoms with Crippen LogP contribution in [0, 0.1) is 5.92 Å². The molecule has 3 aromatic rings. The number of piperidine rings is 1. The van der Waals surface area contributed by atoms with Gasteiger partial charge in [-0.25, -0.2) is 0 Å². The summed E-state index contributed by atoms with van der Waals surface area (Å²) in [6.45, 7) is 1.73. The summed E-state index contributed by atoms with van der Waals surface area (Å²) in [5.41, 5.74) is 8.80. The van der Waals surface area contributed by atoms with Crippen molar-refractivity contribution in [3.63, 3.8) is 0 Å². The molecule has 0 saturated carbocycles. The maximum Gasteiger partial charge on any atom is 0.251 e. The summed E-state index contributed by atoms with van der Waals surface area (Å²) >= 11 is 0. The topological polar surface area (TPSA) is 95.7 Å². The molecule has 1 atom stereocenters. The van der Waals surface area contributed by atoms with Crippen LogP contribution in [0.3, 0.4) is 0 Å². The van der Waals surface area contributed by atoms with E-state index in [1.807, 2.05) is 59.5 Å². The summed E-state index contributed by atoms with van der Waals surface area (Å²) in [7, 11) is 0. The van der Waals surface area contributed by atoms with Crippen molar-refractivity contribution >= 4 is 45.6 Å². The second kappa shape index (κ2) is 9.17. The van der Waals surface area contributed by atoms with Gasteiger partial charge in [0.05, 0.1) is 0 Å². The zero-order chi connectivity index (χ0) is 23.7. The number of hydrogen-bond acceptors (Lipinski definition) is 4. The minimum Gasteiger partial charge on any atom is -0.399 e. The highest BCUT2D eigenvalue weighted by atomic mass is 16.2. The van der Waals surface area contributed by atoms with Crippen molar-refractivity contribution in [3.8, 4) is 0 Å². The Morgan fingerprint density at radius 2 is 1.59 bits per heavy atom. The summed E-state index contributed by atoms with van der Waals surface area (Å²) in [6, 6.07) is 18.8. The molecule has 7 nitrogen and oxygen atoms in total. The van der Waals surface area contributed by atoms with E-state index in [-0.39, 0.29) is 23.6 Å². The van der Waals surface area contributed by atoms with E-state index in [0.717, 1.165) is 41.5 Å². The van der Waals surface area contributed by atoms with Gasteiger partial charge in [-0.15, -0.1) is 0 Å². The molecule has 34 heavy (non-hydrogen) atoms. The summed E-state index contributed by atoms with van der Waals surface area (Å²) < 4.78 is 0. The second-order valence-electron chi connectivity index (χ2n) is 9.12. The number of carbonyl (C=O) groups is 3. The van der Waals surface area contributed by atoms with Crippen LogP contribution in [0.4, 0.5) is 17.1 Å². The summed E-state index contributed by atoms with van der Waals surface area (Å²) in [6.07, 6.45) is 2.94. The lowest BCUT2D eigenvalue weighted by Gasteiger charge is -2.27. The molecule has 0 bridgehead atoms. The molecule has 2 aliphatic heterocycles. The van der Waals surface area contributed by atoms with Gasteiger partial charge in [0.15, 0.2) is 0 Å². The van der Waals surface area contributed by atoms with Gasteiger partial charge in [-0.05, 0) is 72.1 Å². The summed E-state index contributed by atoms with van der Waals surface area (Å²) in [5.74, 6) is 0.0900. The van der Waals surface area contributed by atoms with E-state index in [1.165, 1.54) is 0 Å². The van der Waals surface area contributed by atoms with Crippen molar-refractivity contribution in [1.29, 1.82) is 0 Å². The fourth-order valence-electron chi connectivity index (χ4n) is 4.80. The SMILES string of the molecule is Nc1ccc2cc(C(=O)NCC3CC(=O)N(c4ccc(N5CCCCC5=O)cc4)C3)ccc2c1. The minimum absolute atomic E-state index is 0.0417. The number of nitrogens with zero attached hydrogens (tertiary/aromatic N) is 2. The third kappa shape index (κ3) is 4.46. The smallest absolute Gasteiger partial charge is 0.251 e. The van der Waals surface area contributed by atoms with E-state index in [2.05, 4.69) is 5.32 Å². The van der Waals surface area contributed by atoms with Crippen LogP contribution in [-0.2, 0) is 9.59 Å². The van der Waals surface area contributed by atoms with Crippen LogP contribution < -0.4 is 20.9 Å². The quantitative estimate of drug-likeness (QED) is 0.572. The lowest BCUT2D eigenvalue weighted by Crippen LogP contribution is -2.35. The van der Waals surface area contributed by atoms with E-state index in [0.29, 0.717) is 37.2 Å². The third-order valence-electron chi connectivity index (χ3n) is 6.68. The van der Waals surface area contributed by atoms with Gasteiger partial charge in [-0.1, -0.05) is 12.1 Å². The highest BCUT2D eigenvalue weighted by molar-refractivity contribution is 6.00. The molecule has 2 fully saturated rings. The molecule has 0 aromatic heterocycles. The highest BCUT2D eigenvalue weighted by Crippen LogP contribution is 2.28. The van der Waals surface area contributed by atoms with Crippen molar-refractivity contribution in [2.24, 2.45) is 5.92 Å². The normalized spacial score (nSPS) is 18.5. The lowest BCUT2D eigenvalue weighted by atomic mass is 10.1. The average Bonchev–Trinajstić information content (AvgIpc) is 3.23. The van der Waals surface area contributed by atoms with Crippen molar-refractivity contribution < 1.29 is 14.4 Å². The zero-order valence-electron chi connectivity index (χ0n) is 19.0. The number of hydrogen-bond donors (Lipinski definition) is 2. The Morgan fingerprint density at radius 1 is 0.882 bits per heavy atom. The molecule has 2 heterocycles. The number of benzene rings is 3. The van der Waals surface area contributed by atoms with Crippen LogP contribution >= 0.6 is 0 Å². The molecular formula is C27H28N4O3. The largest absolute Gasteiger partial charge is 0.399 e. The standard InChI is InChI=1S/C27H28N4O3/c28-22-7-6-19-14-21(5-4-20(19)15-22)27(34)29-16-18-13-26(33)31(17-18)24-10-8-23(9-11-24)30-12-2-1-3-25(30)32/h4-11,14-15,18H,1-3,12-13,16-17,28H2,(H,29,34). The molecule has 2 aliphatic rings. The fourth-order valence-corrected chi connectivity index (χ4v) is 4.80. The summed E-state index contributed by atoms with van der Waals surface area (Å²) in [4.78, 5) is 41.1. The van der Waals surface area contributed by atoms with Gasteiger partial charge in [-0.2, -0.15) is 0 Å². The summed E-state index contributed by atoms with van der Waals surface area (Å²) in [5, 5.41) is 4.93. The monoisotopic (exact) mass is 456 g/mol. The van der Waals surface area contributed by atoms with Gasteiger partial charge in [0, 0.05) is 61.0 Å². The molecule has 3 aromatic carbocycles. The van der Waals surface area contributed by atoms with Gasteiger partial charge < -0.3 is 20.9 Å². The predicted octanol–water partition coefficient (Wildman–Crippen LogP) is 3.72. The van der Waals surface area contributed by atoms with Crippen LogP contribution in [0.1, 0.15) is 36.0 Å². The van der Waals surface area contributed by atoms with Crippen LogP contribution in [-0.4, -0.2) is 37.4 Å². The molecule has 7 heteroatoms. The minimum atomic E-state index is -0.153. The van der Waals surface area contributed by atoms with Gasteiger partial charge in [0.1, 0.15) is 0 Å². The Hall–Kier alpha value is -3.87. The highest BCUT2D eigenvalue weighted by Gasteiger charge is 2.31. The molecule has 3 N–H and O–H groups in total. The predicted molar refractivity (Wildman–Crippen MR) is 134 cm³/mol. The first-order valence-corrected chi connectivity index (χ1v) is 11.8. The first kappa shape index (κ1) is 21.9. The van der Waals surface area contributed by atoms with Crippen LogP contribution in [0.15, 0.2) is 60.7 Å². The molecule has 0 spiro atoms. The van der Waals surface area contributed by atoms with Crippen LogP contribution in [0.2, 0.25) is 0 Å². The van der Waals surface area contributed by atoms with Crippen LogP contribution in [0.25, 0.3) is 10.8 Å². The Kier molecular flexibility index (Phi) is 5.92.